The second-order valence-corrected chi connectivity index (χ2v) is 11.1. The number of anilines is 1. The zero-order valence-electron chi connectivity index (χ0n) is 16.5. The van der Waals surface area contributed by atoms with E-state index < -0.39 is 31.5 Å². The Morgan fingerprint density at radius 2 is 1.48 bits per heavy atom. The van der Waals surface area contributed by atoms with Crippen LogP contribution in [0, 0.1) is 11.6 Å². The van der Waals surface area contributed by atoms with Crippen LogP contribution < -0.4 is 4.90 Å². The Hall–Kier alpha value is -2.63. The Bertz CT molecular complexity index is 1350. The summed E-state index contributed by atoms with van der Waals surface area (Å²) in [6.07, 6.45) is 2.32. The van der Waals surface area contributed by atoms with Crippen LogP contribution in [0.2, 0.25) is 0 Å². The number of pyridine rings is 1. The molecular formula is C20H19F2N3O4S2. The van der Waals surface area contributed by atoms with Gasteiger partial charge in [0.05, 0.1) is 22.4 Å². The van der Waals surface area contributed by atoms with Gasteiger partial charge in [0.1, 0.15) is 16.5 Å². The highest BCUT2D eigenvalue weighted by Crippen LogP contribution is 2.36. The monoisotopic (exact) mass is 467 g/mol. The molecule has 4 rings (SSSR count). The standard InChI is InChI=1S/C20H19F2N3O4S2/c1-30(26,27)25-10-8-24(9-11-25)20-17-12-15(22)4-7-18(17)23-13-19(20)31(28,29)16-5-2-14(21)3-6-16/h2-7,12-13H,8-11H2,1H3. The molecule has 31 heavy (non-hydrogen) atoms. The van der Waals surface area contributed by atoms with Gasteiger partial charge in [-0.3, -0.25) is 4.98 Å². The predicted octanol–water partition coefficient (Wildman–Crippen LogP) is 2.43. The van der Waals surface area contributed by atoms with Crippen LogP contribution in [0.4, 0.5) is 14.5 Å². The summed E-state index contributed by atoms with van der Waals surface area (Å²) in [6, 6.07) is 8.31. The molecule has 2 aromatic carbocycles. The number of benzene rings is 2. The average Bonchev–Trinajstić information content (AvgIpc) is 2.72. The molecule has 0 bridgehead atoms. The molecule has 0 N–H and O–H groups in total. The van der Waals surface area contributed by atoms with Gasteiger partial charge in [-0.2, -0.15) is 4.31 Å². The Balaban J connectivity index is 1.88. The fraction of sp³-hybridized carbons (Fsp3) is 0.250. The zero-order chi connectivity index (χ0) is 22.4. The summed E-state index contributed by atoms with van der Waals surface area (Å²) >= 11 is 0. The van der Waals surface area contributed by atoms with Gasteiger partial charge < -0.3 is 4.90 Å². The van der Waals surface area contributed by atoms with E-state index in [2.05, 4.69) is 4.98 Å². The first-order chi connectivity index (χ1) is 14.6. The molecular weight excluding hydrogens is 448 g/mol. The van der Waals surface area contributed by atoms with E-state index in [0.29, 0.717) is 10.9 Å². The van der Waals surface area contributed by atoms with Crippen molar-refractivity contribution in [1.29, 1.82) is 0 Å². The molecule has 7 nitrogen and oxygen atoms in total. The number of aromatic nitrogens is 1. The summed E-state index contributed by atoms with van der Waals surface area (Å²) < 4.78 is 79.1. The van der Waals surface area contributed by atoms with E-state index in [1.807, 2.05) is 0 Å². The van der Waals surface area contributed by atoms with Gasteiger partial charge in [-0.25, -0.2) is 25.6 Å². The third-order valence-electron chi connectivity index (χ3n) is 5.21. The number of hydrogen-bond donors (Lipinski definition) is 0. The summed E-state index contributed by atoms with van der Waals surface area (Å²) in [5.74, 6) is -1.13. The van der Waals surface area contributed by atoms with Crippen molar-refractivity contribution in [2.75, 3.05) is 37.3 Å². The van der Waals surface area contributed by atoms with Crippen molar-refractivity contribution in [2.24, 2.45) is 0 Å². The molecule has 0 amide bonds. The maximum absolute atomic E-state index is 14.1. The quantitative estimate of drug-likeness (QED) is 0.548. The molecule has 1 aliphatic rings. The SMILES string of the molecule is CS(=O)(=O)N1CCN(c2c(S(=O)(=O)c3ccc(F)cc3)cnc3ccc(F)cc23)CC1. The molecule has 0 spiro atoms. The highest BCUT2D eigenvalue weighted by Gasteiger charge is 2.30. The smallest absolute Gasteiger partial charge is 0.211 e. The number of hydrogen-bond acceptors (Lipinski definition) is 6. The van der Waals surface area contributed by atoms with Crippen LogP contribution >= 0.6 is 0 Å². The predicted molar refractivity (Wildman–Crippen MR) is 112 cm³/mol. The summed E-state index contributed by atoms with van der Waals surface area (Å²) in [7, 11) is -7.49. The van der Waals surface area contributed by atoms with Crippen LogP contribution in [0.15, 0.2) is 58.5 Å². The minimum Gasteiger partial charge on any atom is -0.367 e. The second kappa shape index (κ2) is 7.81. The van der Waals surface area contributed by atoms with Crippen molar-refractivity contribution in [3.63, 3.8) is 0 Å². The fourth-order valence-corrected chi connectivity index (χ4v) is 5.90. The van der Waals surface area contributed by atoms with Crippen LogP contribution in [0.25, 0.3) is 10.9 Å². The van der Waals surface area contributed by atoms with Crippen LogP contribution in [0.1, 0.15) is 0 Å². The van der Waals surface area contributed by atoms with Crippen molar-refractivity contribution in [3.8, 4) is 0 Å². The summed E-state index contributed by atoms with van der Waals surface area (Å²) in [6.45, 7) is 0.755. The van der Waals surface area contributed by atoms with Crippen LogP contribution in [-0.2, 0) is 19.9 Å². The van der Waals surface area contributed by atoms with Crippen molar-refractivity contribution in [2.45, 2.75) is 9.79 Å². The zero-order valence-corrected chi connectivity index (χ0v) is 18.1. The first-order valence-electron chi connectivity index (χ1n) is 9.36. The van der Waals surface area contributed by atoms with Crippen molar-refractivity contribution >= 4 is 36.5 Å². The molecule has 1 aliphatic heterocycles. The molecule has 0 radical (unpaired) electrons. The number of sulfone groups is 1. The molecule has 2 heterocycles. The van der Waals surface area contributed by atoms with E-state index in [4.69, 9.17) is 0 Å². The van der Waals surface area contributed by atoms with E-state index in [0.717, 1.165) is 30.5 Å². The molecule has 11 heteroatoms. The van der Waals surface area contributed by atoms with Gasteiger partial charge in [-0.05, 0) is 42.5 Å². The van der Waals surface area contributed by atoms with Gasteiger partial charge in [0.2, 0.25) is 19.9 Å². The van der Waals surface area contributed by atoms with E-state index in [1.54, 1.807) is 4.90 Å². The molecule has 164 valence electrons. The topological polar surface area (TPSA) is 87.7 Å². The highest BCUT2D eigenvalue weighted by atomic mass is 32.2. The van der Waals surface area contributed by atoms with E-state index >= 15 is 0 Å². The molecule has 0 saturated carbocycles. The maximum Gasteiger partial charge on any atom is 0.211 e. The Morgan fingerprint density at radius 1 is 0.871 bits per heavy atom. The second-order valence-electron chi connectivity index (χ2n) is 7.24. The third kappa shape index (κ3) is 4.12. The van der Waals surface area contributed by atoms with E-state index in [1.165, 1.54) is 28.7 Å². The van der Waals surface area contributed by atoms with Gasteiger partial charge in [-0.1, -0.05) is 0 Å². The van der Waals surface area contributed by atoms with Crippen LogP contribution in [-0.4, -0.2) is 58.6 Å². The lowest BCUT2D eigenvalue weighted by molar-refractivity contribution is 0.387. The lowest BCUT2D eigenvalue weighted by Crippen LogP contribution is -2.48. The first kappa shape index (κ1) is 21.6. The lowest BCUT2D eigenvalue weighted by Gasteiger charge is -2.36. The molecule has 1 aromatic heterocycles. The Kier molecular flexibility index (Phi) is 5.44. The molecule has 0 aliphatic carbocycles. The minimum atomic E-state index is -4.11. The molecule has 0 atom stereocenters. The van der Waals surface area contributed by atoms with Gasteiger partial charge >= 0.3 is 0 Å². The van der Waals surface area contributed by atoms with Gasteiger partial charge in [-0.15, -0.1) is 0 Å². The summed E-state index contributed by atoms with van der Waals surface area (Å²) in [4.78, 5) is 5.64. The van der Waals surface area contributed by atoms with Crippen LogP contribution in [0.5, 0.6) is 0 Å². The first-order valence-corrected chi connectivity index (χ1v) is 12.7. The van der Waals surface area contributed by atoms with Crippen molar-refractivity contribution in [3.05, 3.63) is 60.3 Å². The summed E-state index contributed by atoms with van der Waals surface area (Å²) in [5.41, 5.74) is 0.655. The molecule has 0 unspecified atom stereocenters. The average molecular weight is 468 g/mol. The Labute approximate surface area is 178 Å². The minimum absolute atomic E-state index is 0.123. The number of fused-ring (bicyclic) bond motifs is 1. The normalized spacial score (nSPS) is 16.0. The number of halogens is 2. The van der Waals surface area contributed by atoms with E-state index in [9.17, 15) is 25.6 Å². The number of rotatable bonds is 4. The highest BCUT2D eigenvalue weighted by molar-refractivity contribution is 7.91. The number of piperazine rings is 1. The van der Waals surface area contributed by atoms with Crippen molar-refractivity contribution in [1.82, 2.24) is 9.29 Å². The molecule has 3 aromatic rings. The summed E-state index contributed by atoms with van der Waals surface area (Å²) in [5, 5.41) is 0.302. The van der Waals surface area contributed by atoms with Crippen LogP contribution in [0.3, 0.4) is 0 Å². The maximum atomic E-state index is 14.1. The van der Waals surface area contributed by atoms with Gasteiger partial charge in [0.25, 0.3) is 0 Å². The lowest BCUT2D eigenvalue weighted by atomic mass is 10.1. The molecule has 1 saturated heterocycles. The Morgan fingerprint density at radius 3 is 2.10 bits per heavy atom. The number of sulfonamides is 1. The van der Waals surface area contributed by atoms with Gasteiger partial charge in [0, 0.05) is 37.8 Å². The van der Waals surface area contributed by atoms with Gasteiger partial charge in [0.15, 0.2) is 0 Å². The van der Waals surface area contributed by atoms with E-state index in [-0.39, 0.29) is 41.7 Å². The largest absolute Gasteiger partial charge is 0.367 e. The fourth-order valence-electron chi connectivity index (χ4n) is 3.64. The number of nitrogens with zero attached hydrogens (tertiary/aromatic N) is 3. The molecule has 1 fully saturated rings. The third-order valence-corrected chi connectivity index (χ3v) is 8.28. The van der Waals surface area contributed by atoms with Crippen molar-refractivity contribution < 1.29 is 25.6 Å².